The Balaban J connectivity index is 2.04. The molecule has 0 radical (unpaired) electrons. The number of benzene rings is 2. The zero-order chi connectivity index (χ0) is 18.6. The molecule has 1 atom stereocenters. The van der Waals surface area contributed by atoms with Gasteiger partial charge in [0.1, 0.15) is 5.41 Å². The molecule has 0 unspecified atom stereocenters. The van der Waals surface area contributed by atoms with Crippen molar-refractivity contribution in [3.05, 3.63) is 65.7 Å². The number of amides is 1. The number of nitrogens with zero attached hydrogens (tertiary/aromatic N) is 2. The summed E-state index contributed by atoms with van der Waals surface area (Å²) in [5, 5.41) is 7.10. The van der Waals surface area contributed by atoms with E-state index in [4.69, 9.17) is 0 Å². The molecule has 2 aromatic rings. The van der Waals surface area contributed by atoms with E-state index in [-0.39, 0.29) is 5.91 Å². The molecule has 0 aromatic heterocycles. The van der Waals surface area contributed by atoms with Crippen molar-refractivity contribution >= 4 is 11.6 Å². The van der Waals surface area contributed by atoms with E-state index in [0.29, 0.717) is 0 Å². The monoisotopic (exact) mass is 351 g/mol. The first-order valence-corrected chi connectivity index (χ1v) is 9.50. The van der Waals surface area contributed by atoms with Gasteiger partial charge < -0.3 is 5.32 Å². The van der Waals surface area contributed by atoms with Gasteiger partial charge >= 0.3 is 0 Å². The molecule has 0 fully saturated rings. The summed E-state index contributed by atoms with van der Waals surface area (Å²) >= 11 is 0. The van der Waals surface area contributed by atoms with Crippen LogP contribution >= 0.6 is 0 Å². The van der Waals surface area contributed by atoms with E-state index in [0.717, 1.165) is 49.2 Å². The minimum atomic E-state index is -0.603. The number of carbonyl (C=O) groups excluding carboxylic acids is 1. The lowest BCUT2D eigenvalue weighted by atomic mass is 9.72. The van der Waals surface area contributed by atoms with Gasteiger partial charge in [0.25, 0.3) is 5.91 Å². The Morgan fingerprint density at radius 2 is 1.69 bits per heavy atom. The number of nitrogens with one attached hydrogen (secondary N) is 1. The van der Waals surface area contributed by atoms with Crippen LogP contribution in [0.3, 0.4) is 0 Å². The van der Waals surface area contributed by atoms with Crippen LogP contribution in [-0.2, 0) is 10.2 Å². The molecular formula is C22H29N3O. The molecule has 4 nitrogen and oxygen atoms in total. The third-order valence-electron chi connectivity index (χ3n) is 5.22. The summed E-state index contributed by atoms with van der Waals surface area (Å²) in [7, 11) is 3.86. The Bertz CT molecular complexity index is 744. The Labute approximate surface area is 156 Å². The van der Waals surface area contributed by atoms with Crippen LogP contribution in [0, 0.1) is 0 Å². The predicted molar refractivity (Wildman–Crippen MR) is 107 cm³/mol. The summed E-state index contributed by atoms with van der Waals surface area (Å²) in [6.07, 6.45) is 2.89. The van der Waals surface area contributed by atoms with E-state index in [1.54, 1.807) is 0 Å². The van der Waals surface area contributed by atoms with Crippen molar-refractivity contribution in [3.63, 3.8) is 0 Å². The number of anilines is 1. The fourth-order valence-corrected chi connectivity index (χ4v) is 4.03. The van der Waals surface area contributed by atoms with Crippen LogP contribution in [0.25, 0.3) is 0 Å². The normalized spacial score (nSPS) is 19.2. The lowest BCUT2D eigenvalue weighted by molar-refractivity contribution is -0.124. The molecule has 0 saturated heterocycles. The van der Waals surface area contributed by atoms with Crippen molar-refractivity contribution < 1.29 is 4.79 Å². The van der Waals surface area contributed by atoms with Crippen LogP contribution in [0.15, 0.2) is 54.6 Å². The van der Waals surface area contributed by atoms with Gasteiger partial charge in [0.05, 0.1) is 5.69 Å². The molecule has 138 valence electrons. The van der Waals surface area contributed by atoms with Crippen molar-refractivity contribution in [1.29, 1.82) is 0 Å². The molecule has 1 N–H and O–H groups in total. The van der Waals surface area contributed by atoms with E-state index in [1.807, 2.05) is 54.4 Å². The van der Waals surface area contributed by atoms with Gasteiger partial charge in [-0.25, -0.2) is 10.0 Å². The number of hydrogen-bond donors (Lipinski definition) is 1. The van der Waals surface area contributed by atoms with Gasteiger partial charge in [0.2, 0.25) is 0 Å². The summed E-state index contributed by atoms with van der Waals surface area (Å²) < 4.78 is 0. The van der Waals surface area contributed by atoms with Gasteiger partial charge in [-0.2, -0.15) is 0 Å². The number of carbonyl (C=O) groups is 1. The summed E-state index contributed by atoms with van der Waals surface area (Å²) in [6.45, 7) is 4.10. The minimum Gasteiger partial charge on any atom is -0.317 e. The maximum Gasteiger partial charge on any atom is 0.256 e. The van der Waals surface area contributed by atoms with E-state index in [1.165, 1.54) is 0 Å². The second kappa shape index (κ2) is 8.02. The molecule has 4 heteroatoms. The zero-order valence-electron chi connectivity index (χ0n) is 16.0. The standard InChI is InChI=1S/C22H29N3O/c1-4-23-17-11-10-16-22(18-12-6-5-7-13-18)19-14-8-9-15-20(19)25(21(22)26)24(2)3/h5-9,12-15,23H,4,10-11,16-17H2,1-3H3/t22-/m0/s1. The number of rotatable bonds is 8. The Morgan fingerprint density at radius 1 is 1.00 bits per heavy atom. The second-order valence-corrected chi connectivity index (χ2v) is 7.06. The Kier molecular flexibility index (Phi) is 5.74. The van der Waals surface area contributed by atoms with Crippen LogP contribution in [0.5, 0.6) is 0 Å². The first kappa shape index (κ1) is 18.6. The van der Waals surface area contributed by atoms with Crippen LogP contribution in [0.4, 0.5) is 5.69 Å². The molecule has 1 amide bonds. The van der Waals surface area contributed by atoms with Gasteiger partial charge in [-0.3, -0.25) is 4.79 Å². The van der Waals surface area contributed by atoms with Crippen molar-refractivity contribution in [2.24, 2.45) is 0 Å². The third kappa shape index (κ3) is 3.15. The average Bonchev–Trinajstić information content (AvgIpc) is 2.91. The average molecular weight is 351 g/mol. The minimum absolute atomic E-state index is 0.151. The molecule has 0 spiro atoms. The number of para-hydroxylation sites is 1. The van der Waals surface area contributed by atoms with Crippen molar-refractivity contribution in [3.8, 4) is 0 Å². The van der Waals surface area contributed by atoms with Crippen molar-refractivity contribution in [2.75, 3.05) is 32.2 Å². The number of hydrazine groups is 1. The van der Waals surface area contributed by atoms with Gasteiger partial charge in [-0.15, -0.1) is 0 Å². The maximum atomic E-state index is 13.7. The quantitative estimate of drug-likeness (QED) is 0.739. The smallest absolute Gasteiger partial charge is 0.256 e. The molecule has 3 rings (SSSR count). The molecule has 1 aliphatic heterocycles. The number of fused-ring (bicyclic) bond motifs is 1. The third-order valence-corrected chi connectivity index (χ3v) is 5.22. The molecule has 0 saturated carbocycles. The summed E-state index contributed by atoms with van der Waals surface area (Å²) in [5.41, 5.74) is 2.60. The van der Waals surface area contributed by atoms with E-state index in [2.05, 4.69) is 36.5 Å². The first-order valence-electron chi connectivity index (χ1n) is 9.50. The Morgan fingerprint density at radius 3 is 2.38 bits per heavy atom. The fraction of sp³-hybridized carbons (Fsp3) is 0.409. The van der Waals surface area contributed by atoms with Crippen molar-refractivity contribution in [1.82, 2.24) is 10.3 Å². The molecule has 1 heterocycles. The summed E-state index contributed by atoms with van der Waals surface area (Å²) in [5.74, 6) is 0.151. The van der Waals surface area contributed by atoms with Gasteiger partial charge in [-0.1, -0.05) is 61.9 Å². The molecule has 26 heavy (non-hydrogen) atoms. The highest BCUT2D eigenvalue weighted by Crippen LogP contribution is 2.49. The second-order valence-electron chi connectivity index (χ2n) is 7.06. The highest BCUT2D eigenvalue weighted by atomic mass is 16.2. The molecule has 0 bridgehead atoms. The van der Waals surface area contributed by atoms with Gasteiger partial charge in [-0.05, 0) is 43.1 Å². The lowest BCUT2D eigenvalue weighted by Gasteiger charge is -2.31. The summed E-state index contributed by atoms with van der Waals surface area (Å²) in [6, 6.07) is 18.5. The van der Waals surface area contributed by atoms with Crippen LogP contribution in [0.2, 0.25) is 0 Å². The van der Waals surface area contributed by atoms with E-state index in [9.17, 15) is 4.79 Å². The first-order chi connectivity index (χ1) is 12.6. The molecule has 0 aliphatic carbocycles. The fourth-order valence-electron chi connectivity index (χ4n) is 4.03. The molecular weight excluding hydrogens is 322 g/mol. The van der Waals surface area contributed by atoms with E-state index < -0.39 is 5.41 Å². The van der Waals surface area contributed by atoms with Crippen LogP contribution in [-0.4, -0.2) is 38.1 Å². The van der Waals surface area contributed by atoms with Crippen LogP contribution in [0.1, 0.15) is 37.3 Å². The Hall–Kier alpha value is -2.17. The topological polar surface area (TPSA) is 35.6 Å². The largest absolute Gasteiger partial charge is 0.317 e. The maximum absolute atomic E-state index is 13.7. The summed E-state index contributed by atoms with van der Waals surface area (Å²) in [4.78, 5) is 13.7. The zero-order valence-corrected chi connectivity index (χ0v) is 16.0. The lowest BCUT2D eigenvalue weighted by Crippen LogP contribution is -2.47. The van der Waals surface area contributed by atoms with E-state index >= 15 is 0 Å². The number of unbranched alkanes of at least 4 members (excludes halogenated alkanes) is 1. The van der Waals surface area contributed by atoms with Gasteiger partial charge in [0.15, 0.2) is 0 Å². The van der Waals surface area contributed by atoms with Crippen LogP contribution < -0.4 is 10.3 Å². The SMILES string of the molecule is CCNCCCC[C@@]1(c2ccccc2)C(=O)N(N(C)C)c2ccccc21. The predicted octanol–water partition coefficient (Wildman–Crippen LogP) is 3.58. The highest BCUT2D eigenvalue weighted by molar-refractivity contribution is 6.09. The number of hydrogen-bond acceptors (Lipinski definition) is 3. The highest BCUT2D eigenvalue weighted by Gasteiger charge is 2.52. The molecule has 1 aliphatic rings. The van der Waals surface area contributed by atoms with Gasteiger partial charge in [0, 0.05) is 14.1 Å². The molecule has 2 aromatic carbocycles. The van der Waals surface area contributed by atoms with Crippen molar-refractivity contribution in [2.45, 2.75) is 31.6 Å².